The van der Waals surface area contributed by atoms with E-state index in [1.54, 1.807) is 7.11 Å². The highest BCUT2D eigenvalue weighted by molar-refractivity contribution is 5.85. The molecule has 2 unspecified atom stereocenters. The third-order valence-corrected chi connectivity index (χ3v) is 5.32. The van der Waals surface area contributed by atoms with Crippen molar-refractivity contribution in [2.75, 3.05) is 20.7 Å². The van der Waals surface area contributed by atoms with Crippen LogP contribution in [0.25, 0.3) is 0 Å². The normalized spacial score (nSPS) is 19.9. The van der Waals surface area contributed by atoms with E-state index in [-0.39, 0.29) is 6.10 Å². The van der Waals surface area contributed by atoms with Crippen molar-refractivity contribution in [1.82, 2.24) is 4.90 Å². The van der Waals surface area contributed by atoms with Crippen LogP contribution < -0.4 is 5.73 Å². The van der Waals surface area contributed by atoms with Crippen molar-refractivity contribution in [3.05, 3.63) is 65.2 Å². The number of methoxy groups -OCH3 is 1. The van der Waals surface area contributed by atoms with E-state index in [9.17, 15) is 9.90 Å². The van der Waals surface area contributed by atoms with Crippen molar-refractivity contribution in [3.63, 3.8) is 0 Å². The molecule has 1 amide bonds. The lowest BCUT2D eigenvalue weighted by Crippen LogP contribution is -2.29. The SMILES string of the molecule is CO[C@H](CN(C)C(C)=Nc1ccc2c(c1)C(C(N)=O)C(O)C2)c1ccccc1. The number of carbonyl (C=O) groups is 1. The van der Waals surface area contributed by atoms with Gasteiger partial charge in [0.05, 0.1) is 23.8 Å². The van der Waals surface area contributed by atoms with E-state index in [2.05, 4.69) is 4.99 Å². The van der Waals surface area contributed by atoms with Gasteiger partial charge in [-0.1, -0.05) is 36.4 Å². The van der Waals surface area contributed by atoms with Gasteiger partial charge in [0.25, 0.3) is 0 Å². The summed E-state index contributed by atoms with van der Waals surface area (Å²) in [6, 6.07) is 15.7. The minimum Gasteiger partial charge on any atom is -0.392 e. The highest BCUT2D eigenvalue weighted by Gasteiger charge is 2.35. The fourth-order valence-corrected chi connectivity index (χ4v) is 3.66. The molecule has 28 heavy (non-hydrogen) atoms. The number of aliphatic hydroxyl groups excluding tert-OH is 1. The molecule has 0 radical (unpaired) electrons. The van der Waals surface area contributed by atoms with Crippen molar-refractivity contribution in [2.45, 2.75) is 31.5 Å². The summed E-state index contributed by atoms with van der Waals surface area (Å²) in [4.78, 5) is 18.4. The fourth-order valence-electron chi connectivity index (χ4n) is 3.66. The molecule has 1 aliphatic carbocycles. The average molecular weight is 381 g/mol. The molecule has 3 rings (SSSR count). The minimum absolute atomic E-state index is 0.0641. The molecule has 0 saturated carbocycles. The van der Waals surface area contributed by atoms with Gasteiger partial charge in [-0.2, -0.15) is 0 Å². The zero-order valence-electron chi connectivity index (χ0n) is 16.5. The molecule has 0 bridgehead atoms. The first-order chi connectivity index (χ1) is 13.4. The van der Waals surface area contributed by atoms with Crippen LogP contribution in [-0.2, 0) is 16.0 Å². The second kappa shape index (κ2) is 8.54. The zero-order valence-corrected chi connectivity index (χ0v) is 16.5. The number of amides is 1. The van der Waals surface area contributed by atoms with E-state index < -0.39 is 17.9 Å². The van der Waals surface area contributed by atoms with Crippen LogP contribution in [0.3, 0.4) is 0 Å². The molecule has 6 nitrogen and oxygen atoms in total. The summed E-state index contributed by atoms with van der Waals surface area (Å²) >= 11 is 0. The van der Waals surface area contributed by atoms with Gasteiger partial charge in [-0.05, 0) is 42.2 Å². The highest BCUT2D eigenvalue weighted by atomic mass is 16.5. The second-order valence-electron chi connectivity index (χ2n) is 7.21. The van der Waals surface area contributed by atoms with E-state index in [0.717, 1.165) is 28.2 Å². The monoisotopic (exact) mass is 381 g/mol. The first-order valence-corrected chi connectivity index (χ1v) is 9.35. The van der Waals surface area contributed by atoms with E-state index >= 15 is 0 Å². The van der Waals surface area contributed by atoms with Crippen LogP contribution in [0.5, 0.6) is 0 Å². The lowest BCUT2D eigenvalue weighted by Gasteiger charge is -2.25. The molecule has 6 heteroatoms. The third-order valence-electron chi connectivity index (χ3n) is 5.32. The minimum atomic E-state index is -0.760. The van der Waals surface area contributed by atoms with Gasteiger partial charge in [-0.3, -0.25) is 4.79 Å². The number of benzene rings is 2. The predicted octanol–water partition coefficient (Wildman–Crippen LogP) is 2.54. The number of hydrogen-bond acceptors (Lipinski definition) is 4. The number of carbonyl (C=O) groups excluding carboxylic acids is 1. The van der Waals surface area contributed by atoms with Gasteiger partial charge in [-0.25, -0.2) is 4.99 Å². The predicted molar refractivity (Wildman–Crippen MR) is 110 cm³/mol. The molecule has 0 aliphatic heterocycles. The average Bonchev–Trinajstić information content (AvgIpc) is 3.01. The molecule has 0 saturated heterocycles. The van der Waals surface area contributed by atoms with Gasteiger partial charge in [0.15, 0.2) is 0 Å². The highest BCUT2D eigenvalue weighted by Crippen LogP contribution is 2.35. The standard InChI is InChI=1S/C22H27N3O3/c1-14(25(2)13-20(28-3)15-7-5-4-6-8-15)24-17-10-9-16-11-19(26)21(22(23)27)18(16)12-17/h4-10,12,19-21,26H,11,13H2,1-3H3,(H2,23,27)/t19?,20-,21?/m1/s1. The van der Waals surface area contributed by atoms with Crippen molar-refractivity contribution in [3.8, 4) is 0 Å². The molecule has 0 heterocycles. The van der Waals surface area contributed by atoms with Gasteiger partial charge >= 0.3 is 0 Å². The molecular formula is C22H27N3O3. The summed E-state index contributed by atoms with van der Waals surface area (Å²) in [7, 11) is 3.67. The second-order valence-corrected chi connectivity index (χ2v) is 7.21. The number of ether oxygens (including phenoxy) is 1. The topological polar surface area (TPSA) is 88.1 Å². The number of nitrogens with zero attached hydrogens (tertiary/aromatic N) is 2. The smallest absolute Gasteiger partial charge is 0.227 e. The fraction of sp³-hybridized carbons (Fsp3) is 0.364. The van der Waals surface area contributed by atoms with Crippen molar-refractivity contribution in [2.24, 2.45) is 10.7 Å². The summed E-state index contributed by atoms with van der Waals surface area (Å²) < 4.78 is 5.64. The Morgan fingerprint density at radius 3 is 2.68 bits per heavy atom. The lowest BCUT2D eigenvalue weighted by molar-refractivity contribution is -0.121. The molecule has 3 atom stereocenters. The Kier molecular flexibility index (Phi) is 6.11. The van der Waals surface area contributed by atoms with Crippen LogP contribution >= 0.6 is 0 Å². The Morgan fingerprint density at radius 1 is 1.32 bits per heavy atom. The third kappa shape index (κ3) is 4.24. The summed E-state index contributed by atoms with van der Waals surface area (Å²) in [5.41, 5.74) is 9.04. The van der Waals surface area contributed by atoms with Crippen molar-refractivity contribution >= 4 is 17.4 Å². The van der Waals surface area contributed by atoms with E-state index in [4.69, 9.17) is 10.5 Å². The van der Waals surface area contributed by atoms with Crippen LogP contribution in [0, 0.1) is 0 Å². The van der Waals surface area contributed by atoms with Crippen molar-refractivity contribution in [1.29, 1.82) is 0 Å². The van der Waals surface area contributed by atoms with Crippen LogP contribution in [0.4, 0.5) is 5.69 Å². The van der Waals surface area contributed by atoms with Gasteiger partial charge in [0.1, 0.15) is 5.84 Å². The molecule has 148 valence electrons. The molecule has 0 spiro atoms. The number of aliphatic imine (C=N–C) groups is 1. The Hall–Kier alpha value is -2.70. The number of nitrogens with two attached hydrogens (primary N) is 1. The zero-order chi connectivity index (χ0) is 20.3. The van der Waals surface area contributed by atoms with Gasteiger partial charge in [0.2, 0.25) is 5.91 Å². The summed E-state index contributed by atoms with van der Waals surface area (Å²) in [6.45, 7) is 2.59. The molecule has 0 aromatic heterocycles. The van der Waals surface area contributed by atoms with Crippen LogP contribution in [0.15, 0.2) is 53.5 Å². The number of hydrogen-bond donors (Lipinski definition) is 2. The number of likely N-dealkylation sites (N-methyl/N-ethyl adjacent to an activating group) is 1. The first-order valence-electron chi connectivity index (χ1n) is 9.35. The Labute approximate surface area is 165 Å². The maximum absolute atomic E-state index is 11.7. The van der Waals surface area contributed by atoms with Crippen molar-refractivity contribution < 1.29 is 14.6 Å². The maximum atomic E-state index is 11.7. The van der Waals surface area contributed by atoms with E-state index in [0.29, 0.717) is 13.0 Å². The van der Waals surface area contributed by atoms with Crippen LogP contribution in [0.2, 0.25) is 0 Å². The van der Waals surface area contributed by atoms with Gasteiger partial charge in [0, 0.05) is 20.7 Å². The summed E-state index contributed by atoms with van der Waals surface area (Å²) in [5.74, 6) is -0.349. The van der Waals surface area contributed by atoms with E-state index in [1.807, 2.05) is 67.4 Å². The quantitative estimate of drug-likeness (QED) is 0.595. The summed E-state index contributed by atoms with van der Waals surface area (Å²) in [5, 5.41) is 10.1. The van der Waals surface area contributed by atoms with Gasteiger partial charge in [-0.15, -0.1) is 0 Å². The molecule has 0 fully saturated rings. The van der Waals surface area contributed by atoms with Crippen LogP contribution in [-0.4, -0.2) is 48.6 Å². The summed E-state index contributed by atoms with van der Waals surface area (Å²) in [6.07, 6.45) is -0.382. The Morgan fingerprint density at radius 2 is 2.04 bits per heavy atom. The Balaban J connectivity index is 1.77. The first kappa shape index (κ1) is 20.0. The number of rotatable bonds is 6. The van der Waals surface area contributed by atoms with Crippen LogP contribution in [0.1, 0.15) is 35.6 Å². The number of aliphatic hydroxyl groups is 1. The molecule has 3 N–H and O–H groups in total. The molecule has 2 aromatic rings. The molecular weight excluding hydrogens is 354 g/mol. The number of fused-ring (bicyclic) bond motifs is 1. The van der Waals surface area contributed by atoms with E-state index in [1.165, 1.54) is 0 Å². The molecule has 1 aliphatic rings. The number of primary amides is 1. The maximum Gasteiger partial charge on any atom is 0.227 e. The Bertz CT molecular complexity index is 867. The largest absolute Gasteiger partial charge is 0.392 e. The lowest BCUT2D eigenvalue weighted by atomic mass is 9.99. The number of amidine groups is 1. The van der Waals surface area contributed by atoms with Gasteiger partial charge < -0.3 is 20.5 Å². The molecule has 2 aromatic carbocycles.